The molecule has 1 atom stereocenters. The van der Waals surface area contributed by atoms with Crippen molar-refractivity contribution in [2.45, 2.75) is 39.8 Å². The minimum absolute atomic E-state index is 0.237. The smallest absolute Gasteiger partial charge is 0.339 e. The van der Waals surface area contributed by atoms with E-state index >= 15 is 0 Å². The second-order valence-electron chi connectivity index (χ2n) is 4.68. The van der Waals surface area contributed by atoms with Crippen molar-refractivity contribution in [1.82, 2.24) is 19.6 Å². The van der Waals surface area contributed by atoms with Crippen molar-refractivity contribution < 1.29 is 9.90 Å². The molecule has 0 aliphatic rings. The van der Waals surface area contributed by atoms with Crippen LogP contribution in [0.25, 0.3) is 0 Å². The number of carbonyl (C=O) groups is 1. The number of rotatable bonds is 5. The summed E-state index contributed by atoms with van der Waals surface area (Å²) in [5, 5.41) is 17.6. The highest BCUT2D eigenvalue weighted by Crippen LogP contribution is 2.11. The van der Waals surface area contributed by atoms with Gasteiger partial charge in [-0.1, -0.05) is 6.92 Å². The summed E-state index contributed by atoms with van der Waals surface area (Å²) in [5.74, 6) is -0.950. The van der Waals surface area contributed by atoms with Crippen LogP contribution in [0, 0.1) is 6.92 Å². The van der Waals surface area contributed by atoms with Crippen LogP contribution >= 0.6 is 0 Å². The van der Waals surface area contributed by atoms with Crippen LogP contribution in [-0.4, -0.2) is 30.6 Å². The second-order valence-corrected chi connectivity index (χ2v) is 4.68. The fourth-order valence-corrected chi connectivity index (χ4v) is 1.87. The third-order valence-electron chi connectivity index (χ3n) is 3.21. The lowest BCUT2D eigenvalue weighted by Gasteiger charge is -2.08. The Hall–Kier alpha value is -2.11. The Labute approximate surface area is 111 Å². The summed E-state index contributed by atoms with van der Waals surface area (Å²) in [4.78, 5) is 10.9. The first-order valence-corrected chi connectivity index (χ1v) is 6.32. The molecule has 102 valence electrons. The van der Waals surface area contributed by atoms with Crippen molar-refractivity contribution in [3.05, 3.63) is 35.4 Å². The Morgan fingerprint density at radius 3 is 2.79 bits per heavy atom. The van der Waals surface area contributed by atoms with Crippen molar-refractivity contribution in [2.24, 2.45) is 0 Å². The van der Waals surface area contributed by atoms with E-state index in [2.05, 4.69) is 24.0 Å². The molecule has 6 heteroatoms. The van der Waals surface area contributed by atoms with E-state index in [1.165, 1.54) is 0 Å². The molecule has 0 saturated carbocycles. The highest BCUT2D eigenvalue weighted by atomic mass is 16.4. The molecule has 0 aromatic carbocycles. The van der Waals surface area contributed by atoms with Gasteiger partial charge in [-0.2, -0.15) is 10.2 Å². The zero-order valence-electron chi connectivity index (χ0n) is 11.4. The Morgan fingerprint density at radius 2 is 2.21 bits per heavy atom. The van der Waals surface area contributed by atoms with Gasteiger partial charge in [0.2, 0.25) is 0 Å². The van der Waals surface area contributed by atoms with Gasteiger partial charge < -0.3 is 5.11 Å². The van der Waals surface area contributed by atoms with Gasteiger partial charge in [0.25, 0.3) is 0 Å². The number of hydrogen-bond acceptors (Lipinski definition) is 3. The number of carboxylic acids is 1. The van der Waals surface area contributed by atoms with E-state index in [-0.39, 0.29) is 5.56 Å². The Bertz CT molecular complexity index is 585. The van der Waals surface area contributed by atoms with Gasteiger partial charge in [-0.05, 0) is 26.3 Å². The molecule has 0 aliphatic heterocycles. The first-order valence-electron chi connectivity index (χ1n) is 6.32. The van der Waals surface area contributed by atoms with Gasteiger partial charge >= 0.3 is 5.97 Å². The van der Waals surface area contributed by atoms with E-state index in [1.807, 2.05) is 16.9 Å². The highest BCUT2D eigenvalue weighted by molar-refractivity contribution is 5.88. The lowest BCUT2D eigenvalue weighted by atomic mass is 10.3. The maximum absolute atomic E-state index is 10.9. The number of nitrogens with zero attached hydrogens (tertiary/aromatic N) is 4. The molecule has 0 amide bonds. The number of aromatic nitrogens is 4. The van der Waals surface area contributed by atoms with Crippen LogP contribution in [0.3, 0.4) is 0 Å². The molecule has 0 radical (unpaired) electrons. The van der Waals surface area contributed by atoms with Gasteiger partial charge in [-0.3, -0.25) is 9.36 Å². The van der Waals surface area contributed by atoms with Crippen molar-refractivity contribution in [1.29, 1.82) is 0 Å². The number of aromatic carboxylic acids is 1. The average Bonchev–Trinajstić information content (AvgIpc) is 2.95. The van der Waals surface area contributed by atoms with Crippen molar-refractivity contribution in [2.75, 3.05) is 0 Å². The standard InChI is InChI=1S/C13H18N4O2/c1-4-9(2)17-6-5-11(15-17)7-16-8-12(13(18)19)10(3)14-16/h5-6,8-9H,4,7H2,1-3H3,(H,18,19). The van der Waals surface area contributed by atoms with E-state index in [4.69, 9.17) is 5.11 Å². The Balaban J connectivity index is 2.15. The number of hydrogen-bond donors (Lipinski definition) is 1. The average molecular weight is 262 g/mol. The van der Waals surface area contributed by atoms with E-state index in [9.17, 15) is 4.79 Å². The van der Waals surface area contributed by atoms with Gasteiger partial charge in [0.15, 0.2) is 0 Å². The quantitative estimate of drug-likeness (QED) is 0.895. The molecule has 1 unspecified atom stereocenters. The molecule has 0 saturated heterocycles. The zero-order valence-corrected chi connectivity index (χ0v) is 11.4. The van der Waals surface area contributed by atoms with Gasteiger partial charge in [0.05, 0.1) is 17.9 Å². The first-order chi connectivity index (χ1) is 9.01. The highest BCUT2D eigenvalue weighted by Gasteiger charge is 2.12. The molecule has 2 aromatic heterocycles. The third kappa shape index (κ3) is 2.83. The fraction of sp³-hybridized carbons (Fsp3) is 0.462. The zero-order chi connectivity index (χ0) is 14.0. The van der Waals surface area contributed by atoms with Crippen LogP contribution in [0.5, 0.6) is 0 Å². The maximum atomic E-state index is 10.9. The minimum atomic E-state index is -0.950. The number of carboxylic acid groups (broad SMARTS) is 1. The van der Waals surface area contributed by atoms with E-state index < -0.39 is 5.97 Å². The Morgan fingerprint density at radius 1 is 1.47 bits per heavy atom. The molecule has 0 bridgehead atoms. The maximum Gasteiger partial charge on any atom is 0.339 e. The largest absolute Gasteiger partial charge is 0.478 e. The fourth-order valence-electron chi connectivity index (χ4n) is 1.87. The van der Waals surface area contributed by atoms with E-state index in [0.717, 1.165) is 12.1 Å². The van der Waals surface area contributed by atoms with Gasteiger partial charge in [-0.15, -0.1) is 0 Å². The molecule has 0 spiro atoms. The van der Waals surface area contributed by atoms with Crippen LogP contribution in [-0.2, 0) is 6.54 Å². The predicted octanol–water partition coefficient (Wildman–Crippen LogP) is 2.11. The topological polar surface area (TPSA) is 72.9 Å². The summed E-state index contributed by atoms with van der Waals surface area (Å²) in [7, 11) is 0. The lowest BCUT2D eigenvalue weighted by Crippen LogP contribution is -2.07. The molecule has 2 heterocycles. The van der Waals surface area contributed by atoms with E-state index in [0.29, 0.717) is 18.3 Å². The predicted molar refractivity (Wildman–Crippen MR) is 70.3 cm³/mol. The normalized spacial score (nSPS) is 12.6. The van der Waals surface area contributed by atoms with Crippen LogP contribution in [0.2, 0.25) is 0 Å². The van der Waals surface area contributed by atoms with E-state index in [1.54, 1.807) is 17.8 Å². The molecule has 2 aromatic rings. The molecule has 2 rings (SSSR count). The van der Waals surface area contributed by atoms with Crippen molar-refractivity contribution >= 4 is 5.97 Å². The number of aryl methyl sites for hydroxylation is 1. The molecule has 6 nitrogen and oxygen atoms in total. The molecule has 0 fully saturated rings. The summed E-state index contributed by atoms with van der Waals surface area (Å²) in [6.07, 6.45) is 4.50. The Kier molecular flexibility index (Phi) is 3.69. The lowest BCUT2D eigenvalue weighted by molar-refractivity contribution is 0.0696. The molecular formula is C13H18N4O2. The molecule has 19 heavy (non-hydrogen) atoms. The van der Waals surface area contributed by atoms with Gasteiger partial charge in [0, 0.05) is 18.4 Å². The molecule has 1 N–H and O–H groups in total. The van der Waals surface area contributed by atoms with Crippen molar-refractivity contribution in [3.63, 3.8) is 0 Å². The van der Waals surface area contributed by atoms with Crippen LogP contribution in [0.15, 0.2) is 18.5 Å². The van der Waals surface area contributed by atoms with Crippen LogP contribution in [0.1, 0.15) is 48.1 Å². The van der Waals surface area contributed by atoms with Crippen LogP contribution in [0.4, 0.5) is 0 Å². The summed E-state index contributed by atoms with van der Waals surface area (Å²) in [6.45, 7) is 6.40. The summed E-state index contributed by atoms with van der Waals surface area (Å²) in [6, 6.07) is 2.30. The monoisotopic (exact) mass is 262 g/mol. The SMILES string of the molecule is CCC(C)n1ccc(Cn2cc(C(=O)O)c(C)n2)n1. The van der Waals surface area contributed by atoms with Crippen LogP contribution < -0.4 is 0 Å². The molecular weight excluding hydrogens is 244 g/mol. The summed E-state index contributed by atoms with van der Waals surface area (Å²) >= 11 is 0. The molecule has 0 aliphatic carbocycles. The second kappa shape index (κ2) is 5.26. The first kappa shape index (κ1) is 13.3. The van der Waals surface area contributed by atoms with Crippen molar-refractivity contribution in [3.8, 4) is 0 Å². The third-order valence-corrected chi connectivity index (χ3v) is 3.21. The summed E-state index contributed by atoms with van der Waals surface area (Å²) < 4.78 is 3.53. The van der Waals surface area contributed by atoms with Gasteiger partial charge in [0.1, 0.15) is 5.56 Å². The minimum Gasteiger partial charge on any atom is -0.478 e. The summed E-state index contributed by atoms with van der Waals surface area (Å²) in [5.41, 5.74) is 1.63. The van der Waals surface area contributed by atoms with Gasteiger partial charge in [-0.25, -0.2) is 4.79 Å².